The predicted molar refractivity (Wildman–Crippen MR) is 102 cm³/mol. The third-order valence-electron chi connectivity index (χ3n) is 4.79. The van der Waals surface area contributed by atoms with Crippen LogP contribution in [0.25, 0.3) is 10.9 Å². The van der Waals surface area contributed by atoms with Gasteiger partial charge in [-0.25, -0.2) is 4.79 Å². The average molecular weight is 340 g/mol. The Morgan fingerprint density at radius 2 is 2.04 bits per heavy atom. The highest BCUT2D eigenvalue weighted by molar-refractivity contribution is 5.83. The van der Waals surface area contributed by atoms with Crippen LogP contribution in [0.15, 0.2) is 43.1 Å². The Balaban J connectivity index is 1.83. The molecule has 2 heterocycles. The number of carbonyl (C=O) groups excluding carboxylic acids is 1. The SMILES string of the molecule is C=CC[C@H]1CC[C@@H](Cc2c[nH]c3ccccc23)N1C(=O)OC(C)(C)C. The molecule has 1 aromatic carbocycles. The molecule has 0 aliphatic carbocycles. The van der Waals surface area contributed by atoms with Crippen LogP contribution in [0.2, 0.25) is 0 Å². The number of aromatic amines is 1. The monoisotopic (exact) mass is 340 g/mol. The third kappa shape index (κ3) is 3.89. The minimum Gasteiger partial charge on any atom is -0.444 e. The second-order valence-electron chi connectivity index (χ2n) is 7.86. The lowest BCUT2D eigenvalue weighted by molar-refractivity contribution is 0.0149. The zero-order valence-corrected chi connectivity index (χ0v) is 15.4. The van der Waals surface area contributed by atoms with E-state index < -0.39 is 5.60 Å². The third-order valence-corrected chi connectivity index (χ3v) is 4.79. The molecule has 134 valence electrons. The Labute approximate surface area is 149 Å². The number of hydrogen-bond acceptors (Lipinski definition) is 2. The standard InChI is InChI=1S/C21H28N2O2/c1-5-8-16-11-12-17(23(16)20(24)25-21(2,3)4)13-15-14-22-19-10-7-6-9-18(15)19/h5-7,9-10,14,16-17,22H,1,8,11-13H2,2-4H3/t16-,17-/m0/s1. The largest absolute Gasteiger partial charge is 0.444 e. The van der Waals surface area contributed by atoms with Gasteiger partial charge in [0, 0.05) is 29.2 Å². The van der Waals surface area contributed by atoms with Crippen LogP contribution in [-0.4, -0.2) is 33.7 Å². The first kappa shape index (κ1) is 17.6. The molecule has 0 unspecified atom stereocenters. The second-order valence-corrected chi connectivity index (χ2v) is 7.86. The van der Waals surface area contributed by atoms with Gasteiger partial charge in [0.2, 0.25) is 0 Å². The maximum Gasteiger partial charge on any atom is 0.410 e. The van der Waals surface area contributed by atoms with E-state index in [0.29, 0.717) is 0 Å². The fourth-order valence-corrected chi connectivity index (χ4v) is 3.75. The van der Waals surface area contributed by atoms with Gasteiger partial charge in [-0.15, -0.1) is 6.58 Å². The summed E-state index contributed by atoms with van der Waals surface area (Å²) in [5.74, 6) is 0. The first-order valence-electron chi connectivity index (χ1n) is 9.06. The summed E-state index contributed by atoms with van der Waals surface area (Å²) in [5.41, 5.74) is 1.92. The van der Waals surface area contributed by atoms with Crippen LogP contribution in [-0.2, 0) is 11.2 Å². The number of rotatable bonds is 4. The Hall–Kier alpha value is -2.23. The quantitative estimate of drug-likeness (QED) is 0.791. The fraction of sp³-hybridized carbons (Fsp3) is 0.476. The molecule has 0 radical (unpaired) electrons. The van der Waals surface area contributed by atoms with Gasteiger partial charge >= 0.3 is 6.09 Å². The number of carbonyl (C=O) groups is 1. The van der Waals surface area contributed by atoms with E-state index in [1.807, 2.05) is 37.8 Å². The van der Waals surface area contributed by atoms with E-state index >= 15 is 0 Å². The number of nitrogens with zero attached hydrogens (tertiary/aromatic N) is 1. The van der Waals surface area contributed by atoms with Gasteiger partial charge in [-0.2, -0.15) is 0 Å². The molecular weight excluding hydrogens is 312 g/mol. The molecule has 1 fully saturated rings. The molecule has 3 rings (SSSR count). The highest BCUT2D eigenvalue weighted by Crippen LogP contribution is 2.32. The average Bonchev–Trinajstić information content (AvgIpc) is 3.11. The molecule has 0 bridgehead atoms. The van der Waals surface area contributed by atoms with Gasteiger partial charge in [-0.1, -0.05) is 24.3 Å². The van der Waals surface area contributed by atoms with Gasteiger partial charge in [0.05, 0.1) is 0 Å². The molecule has 2 aromatic rings. The molecule has 1 amide bonds. The lowest BCUT2D eigenvalue weighted by atomic mass is 10.0. The van der Waals surface area contributed by atoms with Crippen LogP contribution in [0, 0.1) is 0 Å². The summed E-state index contributed by atoms with van der Waals surface area (Å²) in [6.07, 6.45) is 7.41. The topological polar surface area (TPSA) is 45.3 Å². The Bertz CT molecular complexity index is 757. The summed E-state index contributed by atoms with van der Waals surface area (Å²) in [6.45, 7) is 9.59. The van der Waals surface area contributed by atoms with Crippen molar-refractivity contribution in [3.8, 4) is 0 Å². The molecule has 0 saturated carbocycles. The molecule has 4 heteroatoms. The van der Waals surface area contributed by atoms with Gasteiger partial charge in [0.15, 0.2) is 0 Å². The summed E-state index contributed by atoms with van der Waals surface area (Å²) in [5, 5.41) is 1.24. The van der Waals surface area contributed by atoms with E-state index in [9.17, 15) is 4.79 Å². The zero-order chi connectivity index (χ0) is 18.0. The Morgan fingerprint density at radius 1 is 1.32 bits per heavy atom. The van der Waals surface area contributed by atoms with Crippen molar-refractivity contribution in [2.45, 2.75) is 64.1 Å². The van der Waals surface area contributed by atoms with Crippen LogP contribution in [0.5, 0.6) is 0 Å². The maximum absolute atomic E-state index is 12.8. The highest BCUT2D eigenvalue weighted by Gasteiger charge is 2.38. The van der Waals surface area contributed by atoms with Gasteiger partial charge in [-0.05, 0) is 58.1 Å². The second kappa shape index (κ2) is 6.95. The summed E-state index contributed by atoms with van der Waals surface area (Å²) in [6, 6.07) is 8.65. The van der Waals surface area contributed by atoms with Crippen molar-refractivity contribution in [3.63, 3.8) is 0 Å². The molecule has 1 aliphatic heterocycles. The van der Waals surface area contributed by atoms with Gasteiger partial charge < -0.3 is 14.6 Å². The number of ether oxygens (including phenoxy) is 1. The lowest BCUT2D eigenvalue weighted by Crippen LogP contribution is -2.44. The van der Waals surface area contributed by atoms with E-state index in [4.69, 9.17) is 4.74 Å². The molecular formula is C21H28N2O2. The first-order chi connectivity index (χ1) is 11.9. The van der Waals surface area contributed by atoms with E-state index in [0.717, 1.165) is 31.2 Å². The zero-order valence-electron chi connectivity index (χ0n) is 15.4. The van der Waals surface area contributed by atoms with Gasteiger partial charge in [0.25, 0.3) is 0 Å². The number of para-hydroxylation sites is 1. The molecule has 1 aromatic heterocycles. The Morgan fingerprint density at radius 3 is 2.76 bits per heavy atom. The van der Waals surface area contributed by atoms with Gasteiger partial charge in [-0.3, -0.25) is 0 Å². The van der Waals surface area contributed by atoms with E-state index in [-0.39, 0.29) is 18.2 Å². The maximum atomic E-state index is 12.8. The number of benzene rings is 1. The lowest BCUT2D eigenvalue weighted by Gasteiger charge is -2.32. The number of aromatic nitrogens is 1. The number of fused-ring (bicyclic) bond motifs is 1. The van der Waals surface area contributed by atoms with Crippen LogP contribution >= 0.6 is 0 Å². The van der Waals surface area contributed by atoms with Crippen LogP contribution in [0.4, 0.5) is 4.79 Å². The normalized spacial score (nSPS) is 20.8. The van der Waals surface area contributed by atoms with E-state index in [2.05, 4.69) is 36.0 Å². The summed E-state index contributed by atoms with van der Waals surface area (Å²) >= 11 is 0. The molecule has 25 heavy (non-hydrogen) atoms. The summed E-state index contributed by atoms with van der Waals surface area (Å²) < 4.78 is 5.68. The summed E-state index contributed by atoms with van der Waals surface area (Å²) in [7, 11) is 0. The molecule has 1 aliphatic rings. The molecule has 2 atom stereocenters. The van der Waals surface area contributed by atoms with Crippen molar-refractivity contribution in [2.24, 2.45) is 0 Å². The minimum atomic E-state index is -0.482. The van der Waals surface area contributed by atoms with Crippen LogP contribution < -0.4 is 0 Å². The molecule has 1 saturated heterocycles. The number of H-pyrrole nitrogens is 1. The van der Waals surface area contributed by atoms with Crippen molar-refractivity contribution in [1.82, 2.24) is 9.88 Å². The number of amides is 1. The van der Waals surface area contributed by atoms with E-state index in [1.54, 1.807) is 0 Å². The molecule has 4 nitrogen and oxygen atoms in total. The van der Waals surface area contributed by atoms with Crippen molar-refractivity contribution in [2.75, 3.05) is 0 Å². The van der Waals surface area contributed by atoms with Crippen LogP contribution in [0.1, 0.15) is 45.6 Å². The number of nitrogens with one attached hydrogen (secondary N) is 1. The molecule has 0 spiro atoms. The van der Waals surface area contributed by atoms with Crippen molar-refractivity contribution >= 4 is 17.0 Å². The predicted octanol–water partition coefficient (Wildman–Crippen LogP) is 5.05. The summed E-state index contributed by atoms with van der Waals surface area (Å²) in [4.78, 5) is 18.1. The Kier molecular flexibility index (Phi) is 4.89. The smallest absolute Gasteiger partial charge is 0.410 e. The number of likely N-dealkylation sites (tertiary alicyclic amines) is 1. The van der Waals surface area contributed by atoms with Crippen molar-refractivity contribution in [1.29, 1.82) is 0 Å². The van der Waals surface area contributed by atoms with Crippen molar-refractivity contribution in [3.05, 3.63) is 48.7 Å². The van der Waals surface area contributed by atoms with E-state index in [1.165, 1.54) is 10.9 Å². The minimum absolute atomic E-state index is 0.166. The highest BCUT2D eigenvalue weighted by atomic mass is 16.6. The van der Waals surface area contributed by atoms with Crippen LogP contribution in [0.3, 0.4) is 0 Å². The molecule has 1 N–H and O–H groups in total. The van der Waals surface area contributed by atoms with Gasteiger partial charge in [0.1, 0.15) is 5.60 Å². The van der Waals surface area contributed by atoms with Crippen molar-refractivity contribution < 1.29 is 9.53 Å². The first-order valence-corrected chi connectivity index (χ1v) is 9.06. The fourth-order valence-electron chi connectivity index (χ4n) is 3.75. The number of hydrogen-bond donors (Lipinski definition) is 1.